The highest BCUT2D eigenvalue weighted by Crippen LogP contribution is 2.44. The molecule has 9 heteroatoms. The predicted molar refractivity (Wildman–Crippen MR) is 73.2 cm³/mol. The van der Waals surface area contributed by atoms with E-state index < -0.39 is 60.7 Å². The Labute approximate surface area is 133 Å². The highest BCUT2D eigenvalue weighted by atomic mass is 16.9. The van der Waals surface area contributed by atoms with Crippen LogP contribution in [0, 0.1) is 0 Å². The summed E-state index contributed by atoms with van der Waals surface area (Å²) in [7, 11) is 0. The van der Waals surface area contributed by atoms with E-state index in [0.29, 0.717) is 0 Å². The maximum atomic E-state index is 12.3. The van der Waals surface area contributed by atoms with Gasteiger partial charge < -0.3 is 34.1 Å². The van der Waals surface area contributed by atoms with Gasteiger partial charge in [-0.3, -0.25) is 9.59 Å². The zero-order valence-electron chi connectivity index (χ0n) is 13.4. The smallest absolute Gasteiger partial charge is 0.322 e. The van der Waals surface area contributed by atoms with E-state index in [1.54, 1.807) is 27.7 Å². The Bertz CT molecular complexity index is 519. The van der Waals surface area contributed by atoms with Crippen molar-refractivity contribution in [3.8, 4) is 0 Å². The summed E-state index contributed by atoms with van der Waals surface area (Å²) >= 11 is 0. The molecule has 3 saturated heterocycles. The standard InChI is InChI=1S/C14H21NO8/c1-13(2)20-7-8(21-13)10-12(23-14(3,4)22-10)19-9(7)11(18)15-5-6(16)17/h7-10,12H,5H2,1-4H3,(H,15,18)(H,16,17)/t7-,8+,9+,10+,12-/m0/s1. The molecule has 0 saturated carbocycles. The molecule has 3 aliphatic heterocycles. The van der Waals surface area contributed by atoms with Gasteiger partial charge in [-0.25, -0.2) is 0 Å². The van der Waals surface area contributed by atoms with Gasteiger partial charge in [0.05, 0.1) is 0 Å². The number of ether oxygens (including phenoxy) is 5. The monoisotopic (exact) mass is 331 g/mol. The zero-order chi connectivity index (χ0) is 17.0. The summed E-state index contributed by atoms with van der Waals surface area (Å²) in [6, 6.07) is 0. The molecule has 3 rings (SSSR count). The van der Waals surface area contributed by atoms with Gasteiger partial charge in [-0.1, -0.05) is 0 Å². The largest absolute Gasteiger partial charge is 0.480 e. The van der Waals surface area contributed by atoms with Gasteiger partial charge in [0.25, 0.3) is 5.91 Å². The van der Waals surface area contributed by atoms with Gasteiger partial charge in [0, 0.05) is 0 Å². The highest BCUT2D eigenvalue weighted by molar-refractivity contribution is 5.85. The summed E-state index contributed by atoms with van der Waals surface area (Å²) in [6.07, 6.45) is -3.62. The van der Waals surface area contributed by atoms with E-state index in [0.717, 1.165) is 0 Å². The molecule has 0 unspecified atom stereocenters. The van der Waals surface area contributed by atoms with Crippen molar-refractivity contribution < 1.29 is 38.4 Å². The van der Waals surface area contributed by atoms with Gasteiger partial charge in [0.15, 0.2) is 24.0 Å². The Kier molecular flexibility index (Phi) is 3.88. The van der Waals surface area contributed by atoms with Crippen molar-refractivity contribution in [2.24, 2.45) is 0 Å². The minimum absolute atomic E-state index is 0.503. The minimum atomic E-state index is -1.14. The highest BCUT2D eigenvalue weighted by Gasteiger charge is 2.62. The molecule has 3 heterocycles. The van der Waals surface area contributed by atoms with Gasteiger partial charge in [0.2, 0.25) is 0 Å². The molecule has 2 N–H and O–H groups in total. The molecular weight excluding hydrogens is 310 g/mol. The number of carboxylic acids is 1. The van der Waals surface area contributed by atoms with E-state index >= 15 is 0 Å². The molecule has 0 spiro atoms. The molecule has 23 heavy (non-hydrogen) atoms. The van der Waals surface area contributed by atoms with Crippen LogP contribution < -0.4 is 5.32 Å². The third kappa shape index (κ3) is 3.20. The fraction of sp³-hybridized carbons (Fsp3) is 0.857. The fourth-order valence-electron chi connectivity index (χ4n) is 3.09. The Balaban J connectivity index is 1.81. The lowest BCUT2D eigenvalue weighted by Crippen LogP contribution is -2.59. The van der Waals surface area contributed by atoms with E-state index in [4.69, 9.17) is 28.8 Å². The molecule has 1 amide bonds. The molecule has 0 aromatic heterocycles. The lowest BCUT2D eigenvalue weighted by Gasteiger charge is -2.36. The molecule has 0 aliphatic carbocycles. The van der Waals surface area contributed by atoms with Crippen molar-refractivity contribution >= 4 is 11.9 Å². The van der Waals surface area contributed by atoms with Gasteiger partial charge >= 0.3 is 5.97 Å². The van der Waals surface area contributed by atoms with Gasteiger partial charge in [-0.05, 0) is 27.7 Å². The zero-order valence-corrected chi connectivity index (χ0v) is 13.4. The molecule has 9 nitrogen and oxygen atoms in total. The fourth-order valence-corrected chi connectivity index (χ4v) is 3.09. The van der Waals surface area contributed by atoms with Gasteiger partial charge in [-0.2, -0.15) is 0 Å². The van der Waals surface area contributed by atoms with Crippen molar-refractivity contribution in [3.63, 3.8) is 0 Å². The Morgan fingerprint density at radius 3 is 2.17 bits per heavy atom. The Morgan fingerprint density at radius 1 is 0.957 bits per heavy atom. The molecule has 0 radical (unpaired) electrons. The normalized spacial score (nSPS) is 40.3. The minimum Gasteiger partial charge on any atom is -0.480 e. The van der Waals surface area contributed by atoms with Crippen molar-refractivity contribution in [1.29, 1.82) is 0 Å². The number of nitrogens with one attached hydrogen (secondary N) is 1. The van der Waals surface area contributed by atoms with Crippen LogP contribution in [0.5, 0.6) is 0 Å². The van der Waals surface area contributed by atoms with Crippen LogP contribution in [0.1, 0.15) is 27.7 Å². The molecule has 3 aliphatic rings. The first-order valence-corrected chi connectivity index (χ1v) is 7.44. The van der Waals surface area contributed by atoms with Crippen molar-refractivity contribution in [3.05, 3.63) is 0 Å². The molecule has 0 bridgehead atoms. The van der Waals surface area contributed by atoms with E-state index in [1.165, 1.54) is 0 Å². The lowest BCUT2D eigenvalue weighted by molar-refractivity contribution is -0.231. The number of carbonyl (C=O) groups is 2. The Hall–Kier alpha value is -1.26. The second-order valence-electron chi connectivity index (χ2n) is 6.70. The average molecular weight is 331 g/mol. The first kappa shape index (κ1) is 16.6. The van der Waals surface area contributed by atoms with E-state index in [1.807, 2.05) is 0 Å². The van der Waals surface area contributed by atoms with E-state index in [2.05, 4.69) is 5.32 Å². The summed E-state index contributed by atoms with van der Waals surface area (Å²) < 4.78 is 28.8. The summed E-state index contributed by atoms with van der Waals surface area (Å²) in [5, 5.41) is 11.0. The van der Waals surface area contributed by atoms with Gasteiger partial charge in [0.1, 0.15) is 24.9 Å². The average Bonchev–Trinajstić information content (AvgIpc) is 2.89. The number of aliphatic carboxylic acids is 1. The second kappa shape index (κ2) is 5.38. The SMILES string of the molecule is CC1(C)O[C@@H]2O[C@@H](C(=O)NCC(=O)O)[C@H]3OC(C)(C)O[C@H]3[C@H]2O1. The number of fused-ring (bicyclic) bond motifs is 3. The molecule has 3 fully saturated rings. The van der Waals surface area contributed by atoms with E-state index in [9.17, 15) is 9.59 Å². The van der Waals surface area contributed by atoms with Crippen LogP contribution in [0.25, 0.3) is 0 Å². The van der Waals surface area contributed by atoms with Crippen molar-refractivity contribution in [2.75, 3.05) is 6.54 Å². The lowest BCUT2D eigenvalue weighted by atomic mass is 9.98. The van der Waals surface area contributed by atoms with Crippen LogP contribution in [0.15, 0.2) is 0 Å². The number of carbonyl (C=O) groups excluding carboxylic acids is 1. The first-order valence-electron chi connectivity index (χ1n) is 7.44. The second-order valence-corrected chi connectivity index (χ2v) is 6.70. The molecule has 130 valence electrons. The Morgan fingerprint density at radius 2 is 1.52 bits per heavy atom. The van der Waals surface area contributed by atoms with Crippen molar-refractivity contribution in [1.82, 2.24) is 5.32 Å². The van der Waals surface area contributed by atoms with Crippen LogP contribution in [0.4, 0.5) is 0 Å². The third-order valence-corrected chi connectivity index (χ3v) is 3.83. The summed E-state index contributed by atoms with van der Waals surface area (Å²) in [6.45, 7) is 6.44. The van der Waals surface area contributed by atoms with Gasteiger partial charge in [-0.15, -0.1) is 0 Å². The topological polar surface area (TPSA) is 113 Å². The maximum absolute atomic E-state index is 12.3. The first-order chi connectivity index (χ1) is 10.6. The number of hydrogen-bond acceptors (Lipinski definition) is 7. The number of amides is 1. The number of carboxylic acid groups (broad SMARTS) is 1. The number of hydrogen-bond donors (Lipinski definition) is 2. The third-order valence-electron chi connectivity index (χ3n) is 3.83. The molecule has 5 atom stereocenters. The van der Waals surface area contributed by atoms with E-state index in [-0.39, 0.29) is 0 Å². The van der Waals surface area contributed by atoms with Crippen LogP contribution in [-0.4, -0.2) is 65.8 Å². The predicted octanol–water partition coefficient (Wildman–Crippen LogP) is -0.416. The molecule has 0 aromatic carbocycles. The summed E-state index contributed by atoms with van der Waals surface area (Å²) in [5.41, 5.74) is 0. The molecular formula is C14H21NO8. The van der Waals surface area contributed by atoms with Crippen LogP contribution in [0.2, 0.25) is 0 Å². The van der Waals surface area contributed by atoms with Crippen molar-refractivity contribution in [2.45, 2.75) is 70.0 Å². The van der Waals surface area contributed by atoms with Crippen LogP contribution in [0.3, 0.4) is 0 Å². The van der Waals surface area contributed by atoms with Crippen LogP contribution >= 0.6 is 0 Å². The quantitative estimate of drug-likeness (QED) is 0.717. The summed E-state index contributed by atoms with van der Waals surface area (Å²) in [5.74, 6) is -3.51. The maximum Gasteiger partial charge on any atom is 0.322 e. The van der Waals surface area contributed by atoms with Crippen LogP contribution in [-0.2, 0) is 33.3 Å². The number of rotatable bonds is 3. The molecule has 0 aromatic rings. The summed E-state index contributed by atoms with van der Waals surface area (Å²) in [4.78, 5) is 22.9.